The van der Waals surface area contributed by atoms with Crippen LogP contribution in [0.2, 0.25) is 0 Å². The molecule has 1 atom stereocenters. The van der Waals surface area contributed by atoms with Gasteiger partial charge in [0.25, 0.3) is 0 Å². The largest absolute Gasteiger partial charge is 0.494 e. The van der Waals surface area contributed by atoms with Crippen molar-refractivity contribution in [2.24, 2.45) is 0 Å². The Balaban J connectivity index is 2.35. The van der Waals surface area contributed by atoms with Gasteiger partial charge in [-0.1, -0.05) is 26.7 Å². The van der Waals surface area contributed by atoms with Crippen LogP contribution in [0, 0.1) is 0 Å². The molecule has 1 aliphatic rings. The van der Waals surface area contributed by atoms with Crippen LogP contribution in [-0.4, -0.2) is 49.0 Å². The van der Waals surface area contributed by atoms with Gasteiger partial charge in [-0.25, -0.2) is 13.2 Å². The molecule has 0 spiro atoms. The first-order valence-electron chi connectivity index (χ1n) is 9.86. The van der Waals surface area contributed by atoms with E-state index in [0.717, 1.165) is 32.1 Å². The zero-order valence-corrected chi connectivity index (χ0v) is 17.1. The predicted octanol–water partition coefficient (Wildman–Crippen LogP) is 3.71. The summed E-state index contributed by atoms with van der Waals surface area (Å²) in [6.45, 7) is 5.62. The van der Waals surface area contributed by atoms with Crippen LogP contribution in [0.4, 0.5) is 0 Å². The number of aliphatic carboxylic acids is 1. The SMILES string of the molecule is CCCCOc1ccc(S(=O)(=O)C2(C(=O)O)CCCCN2CCCC)cc1. The Morgan fingerprint density at radius 1 is 1.15 bits per heavy atom. The van der Waals surface area contributed by atoms with Crippen molar-refractivity contribution in [1.29, 1.82) is 0 Å². The predicted molar refractivity (Wildman–Crippen MR) is 105 cm³/mol. The number of rotatable bonds is 10. The summed E-state index contributed by atoms with van der Waals surface area (Å²) in [6, 6.07) is 6.15. The van der Waals surface area contributed by atoms with E-state index < -0.39 is 20.7 Å². The van der Waals surface area contributed by atoms with Crippen molar-refractivity contribution >= 4 is 15.8 Å². The topological polar surface area (TPSA) is 83.9 Å². The van der Waals surface area contributed by atoms with Crippen molar-refractivity contribution in [1.82, 2.24) is 4.90 Å². The first kappa shape index (κ1) is 21.7. The average Bonchev–Trinajstić information content (AvgIpc) is 2.66. The summed E-state index contributed by atoms with van der Waals surface area (Å²) < 4.78 is 32.4. The maximum absolute atomic E-state index is 13.4. The van der Waals surface area contributed by atoms with Crippen LogP contribution in [0.3, 0.4) is 0 Å². The van der Waals surface area contributed by atoms with Gasteiger partial charge in [-0.05, 0) is 56.4 Å². The molecule has 2 rings (SSSR count). The third-order valence-electron chi connectivity index (χ3n) is 5.17. The van der Waals surface area contributed by atoms with E-state index in [0.29, 0.717) is 31.9 Å². The minimum Gasteiger partial charge on any atom is -0.494 e. The maximum atomic E-state index is 13.4. The molecule has 1 unspecified atom stereocenters. The lowest BCUT2D eigenvalue weighted by Gasteiger charge is -2.43. The lowest BCUT2D eigenvalue weighted by Crippen LogP contribution is -2.62. The van der Waals surface area contributed by atoms with Crippen LogP contribution in [0.25, 0.3) is 0 Å². The Labute approximate surface area is 162 Å². The molecular formula is C20H31NO5S. The molecule has 0 aromatic heterocycles. The summed E-state index contributed by atoms with van der Waals surface area (Å²) in [5, 5.41) is 10.0. The zero-order valence-electron chi connectivity index (χ0n) is 16.3. The molecule has 1 N–H and O–H groups in total. The summed E-state index contributed by atoms with van der Waals surface area (Å²) in [6.07, 6.45) is 5.12. The van der Waals surface area contributed by atoms with Crippen molar-refractivity contribution in [3.05, 3.63) is 24.3 Å². The van der Waals surface area contributed by atoms with Crippen LogP contribution in [0.15, 0.2) is 29.2 Å². The standard InChI is InChI=1S/C20H31NO5S/c1-3-5-14-21-15-8-7-13-20(21,19(22)23)27(24,25)18-11-9-17(10-12-18)26-16-6-4-2/h9-12H,3-8,13-16H2,1-2H3,(H,22,23). The van der Waals surface area contributed by atoms with E-state index in [1.807, 2.05) is 6.92 Å². The summed E-state index contributed by atoms with van der Waals surface area (Å²) in [4.78, 5) is 12.1. The van der Waals surface area contributed by atoms with Gasteiger partial charge in [0.05, 0.1) is 11.5 Å². The number of piperidine rings is 1. The number of carbonyl (C=O) groups is 1. The third-order valence-corrected chi connectivity index (χ3v) is 7.58. The third kappa shape index (κ3) is 4.46. The first-order valence-corrected chi connectivity index (χ1v) is 11.3. The van der Waals surface area contributed by atoms with E-state index in [2.05, 4.69) is 6.92 Å². The molecule has 0 bridgehead atoms. The molecule has 7 heteroatoms. The number of benzene rings is 1. The van der Waals surface area contributed by atoms with Crippen molar-refractivity contribution in [3.8, 4) is 5.75 Å². The van der Waals surface area contributed by atoms with Crippen LogP contribution in [0.1, 0.15) is 58.8 Å². The quantitative estimate of drug-likeness (QED) is 0.606. The van der Waals surface area contributed by atoms with Gasteiger partial charge in [-0.3, -0.25) is 4.90 Å². The number of carboxylic acids is 1. The summed E-state index contributed by atoms with van der Waals surface area (Å²) >= 11 is 0. The summed E-state index contributed by atoms with van der Waals surface area (Å²) in [5.74, 6) is -0.681. The lowest BCUT2D eigenvalue weighted by atomic mass is 10.0. The highest BCUT2D eigenvalue weighted by molar-refractivity contribution is 7.93. The fourth-order valence-electron chi connectivity index (χ4n) is 3.55. The highest BCUT2D eigenvalue weighted by Gasteiger charge is 2.56. The maximum Gasteiger partial charge on any atom is 0.340 e. The van der Waals surface area contributed by atoms with E-state index in [4.69, 9.17) is 4.74 Å². The minimum absolute atomic E-state index is 0.0381. The van der Waals surface area contributed by atoms with Crippen LogP contribution < -0.4 is 4.74 Å². The van der Waals surface area contributed by atoms with E-state index in [1.165, 1.54) is 12.1 Å². The summed E-state index contributed by atoms with van der Waals surface area (Å²) in [7, 11) is -4.07. The number of unbranched alkanes of at least 4 members (excludes halogenated alkanes) is 2. The van der Waals surface area contributed by atoms with Gasteiger partial charge in [0.15, 0.2) is 0 Å². The monoisotopic (exact) mass is 397 g/mol. The molecule has 27 heavy (non-hydrogen) atoms. The molecule has 0 amide bonds. The highest BCUT2D eigenvalue weighted by Crippen LogP contribution is 2.38. The smallest absolute Gasteiger partial charge is 0.340 e. The van der Waals surface area contributed by atoms with Gasteiger partial charge in [-0.15, -0.1) is 0 Å². The molecule has 1 aromatic carbocycles. The summed E-state index contributed by atoms with van der Waals surface area (Å²) in [5.41, 5.74) is 0. The number of carboxylic acid groups (broad SMARTS) is 1. The second kappa shape index (κ2) is 9.55. The van der Waals surface area contributed by atoms with Gasteiger partial charge in [0.2, 0.25) is 14.7 Å². The number of likely N-dealkylation sites (tertiary alicyclic amines) is 1. The van der Waals surface area contributed by atoms with Crippen LogP contribution >= 0.6 is 0 Å². The Bertz CT molecular complexity index is 716. The molecule has 1 saturated heterocycles. The second-order valence-electron chi connectivity index (χ2n) is 7.06. The first-order chi connectivity index (χ1) is 12.9. The average molecular weight is 398 g/mol. The van der Waals surface area contributed by atoms with Crippen molar-refractivity contribution < 1.29 is 23.1 Å². The number of nitrogens with zero attached hydrogens (tertiary/aromatic N) is 1. The fourth-order valence-corrected chi connectivity index (χ4v) is 5.60. The molecule has 152 valence electrons. The molecule has 1 aliphatic heterocycles. The number of ether oxygens (including phenoxy) is 1. The second-order valence-corrected chi connectivity index (χ2v) is 9.22. The van der Waals surface area contributed by atoms with Gasteiger partial charge in [0.1, 0.15) is 5.75 Å². The number of hydrogen-bond donors (Lipinski definition) is 1. The van der Waals surface area contributed by atoms with E-state index >= 15 is 0 Å². The molecular weight excluding hydrogens is 366 g/mol. The van der Waals surface area contributed by atoms with Crippen molar-refractivity contribution in [3.63, 3.8) is 0 Å². The fraction of sp³-hybridized carbons (Fsp3) is 0.650. The highest BCUT2D eigenvalue weighted by atomic mass is 32.2. The minimum atomic E-state index is -4.07. The molecule has 0 radical (unpaired) electrons. The Morgan fingerprint density at radius 2 is 1.81 bits per heavy atom. The van der Waals surface area contributed by atoms with Gasteiger partial charge < -0.3 is 9.84 Å². The molecule has 0 aliphatic carbocycles. The Kier molecular flexibility index (Phi) is 7.68. The van der Waals surface area contributed by atoms with E-state index in [9.17, 15) is 18.3 Å². The van der Waals surface area contributed by atoms with Crippen LogP contribution in [0.5, 0.6) is 5.75 Å². The zero-order chi connectivity index (χ0) is 19.9. The number of hydrogen-bond acceptors (Lipinski definition) is 5. The van der Waals surface area contributed by atoms with Crippen LogP contribution in [-0.2, 0) is 14.6 Å². The molecule has 0 saturated carbocycles. The number of sulfone groups is 1. The van der Waals surface area contributed by atoms with Gasteiger partial charge >= 0.3 is 5.97 Å². The van der Waals surface area contributed by atoms with Gasteiger partial charge in [-0.2, -0.15) is 0 Å². The van der Waals surface area contributed by atoms with E-state index in [-0.39, 0.29) is 11.3 Å². The lowest BCUT2D eigenvalue weighted by molar-refractivity contribution is -0.147. The molecule has 1 aromatic rings. The molecule has 6 nitrogen and oxygen atoms in total. The molecule has 1 fully saturated rings. The molecule has 1 heterocycles. The Morgan fingerprint density at radius 3 is 2.41 bits per heavy atom. The van der Waals surface area contributed by atoms with E-state index in [1.54, 1.807) is 17.0 Å². The van der Waals surface area contributed by atoms with Gasteiger partial charge in [0, 0.05) is 13.1 Å². The van der Waals surface area contributed by atoms with Crippen molar-refractivity contribution in [2.45, 2.75) is 68.6 Å². The normalized spacial score (nSPS) is 21.1. The van der Waals surface area contributed by atoms with Crippen molar-refractivity contribution in [2.75, 3.05) is 19.7 Å². The Hall–Kier alpha value is -1.60.